The summed E-state index contributed by atoms with van der Waals surface area (Å²) in [6.07, 6.45) is 1.94. The van der Waals surface area contributed by atoms with E-state index < -0.39 is 0 Å². The van der Waals surface area contributed by atoms with E-state index in [0.29, 0.717) is 0 Å². The van der Waals surface area contributed by atoms with Crippen molar-refractivity contribution in [1.29, 1.82) is 0 Å². The molecule has 1 aliphatic heterocycles. The summed E-state index contributed by atoms with van der Waals surface area (Å²) in [5.74, 6) is 2.34. The molecule has 0 aliphatic carbocycles. The van der Waals surface area contributed by atoms with Crippen LogP contribution in [0.5, 0.6) is 11.5 Å². The highest BCUT2D eigenvalue weighted by molar-refractivity contribution is 6.10. The first kappa shape index (κ1) is 34.6. The summed E-state index contributed by atoms with van der Waals surface area (Å²) in [4.78, 5) is 5.01. The van der Waals surface area contributed by atoms with Crippen molar-refractivity contribution in [3.8, 4) is 39.6 Å². The van der Waals surface area contributed by atoms with Gasteiger partial charge in [-0.05, 0) is 76.2 Å². The molecule has 0 radical (unpaired) electrons. The van der Waals surface area contributed by atoms with Gasteiger partial charge in [0, 0.05) is 56.7 Å². The predicted octanol–water partition coefficient (Wildman–Crippen LogP) is 14.6. The van der Waals surface area contributed by atoms with E-state index >= 15 is 0 Å². The van der Waals surface area contributed by atoms with E-state index in [1.54, 1.807) is 0 Å². The van der Waals surface area contributed by atoms with E-state index in [4.69, 9.17) is 9.72 Å². The normalized spacial score (nSPS) is 13.1. The van der Waals surface area contributed by atoms with E-state index in [1.807, 2.05) is 18.3 Å². The number of nitrogens with one attached hydrogen (secondary N) is 2. The zero-order valence-electron chi connectivity index (χ0n) is 32.8. The average molecular weight is 761 g/mol. The van der Waals surface area contributed by atoms with E-state index in [-0.39, 0.29) is 5.41 Å². The molecule has 282 valence electrons. The van der Waals surface area contributed by atoms with Gasteiger partial charge in [-0.1, -0.05) is 141 Å². The van der Waals surface area contributed by atoms with Crippen molar-refractivity contribution in [2.24, 2.45) is 0 Å². The Balaban J connectivity index is 1.18. The topological polar surface area (TPSA) is 51.1 Å². The summed E-state index contributed by atoms with van der Waals surface area (Å²) in [6, 6.07) is 66.7. The third kappa shape index (κ3) is 5.98. The minimum Gasteiger partial charge on any atom is -0.457 e. The van der Waals surface area contributed by atoms with Crippen LogP contribution in [-0.2, 0) is 5.41 Å². The highest BCUT2D eigenvalue weighted by atomic mass is 16.5. The second-order valence-corrected chi connectivity index (χ2v) is 15.8. The Labute approximate surface area is 343 Å². The SMILES string of the molecule is CC1(C)c2cccc(c2)-c2cccc(-c3ccccc3)c2Nc2c(ccc3ccccc23)Nc2cccc(c2)Oc2ccc3c4ccccc4n(c3c2)-c2cc1ccn2. The molecule has 0 unspecified atom stereocenters. The largest absolute Gasteiger partial charge is 0.457 e. The summed E-state index contributed by atoms with van der Waals surface area (Å²) in [6.45, 7) is 4.61. The van der Waals surface area contributed by atoms with Crippen LogP contribution in [-0.4, -0.2) is 9.55 Å². The zero-order valence-corrected chi connectivity index (χ0v) is 32.8. The van der Waals surface area contributed by atoms with Crippen LogP contribution in [0, 0.1) is 0 Å². The van der Waals surface area contributed by atoms with Gasteiger partial charge in [0.2, 0.25) is 0 Å². The van der Waals surface area contributed by atoms with Gasteiger partial charge in [-0.25, -0.2) is 4.98 Å². The fraction of sp³-hybridized carbons (Fsp3) is 0.0556. The number of hydrogen-bond donors (Lipinski definition) is 2. The molecule has 0 atom stereocenters. The van der Waals surface area contributed by atoms with Crippen molar-refractivity contribution in [2.75, 3.05) is 10.6 Å². The molecule has 0 saturated carbocycles. The van der Waals surface area contributed by atoms with Gasteiger partial charge in [-0.2, -0.15) is 0 Å². The first-order valence-electron chi connectivity index (χ1n) is 20.1. The van der Waals surface area contributed by atoms with Crippen molar-refractivity contribution < 1.29 is 4.74 Å². The zero-order chi connectivity index (χ0) is 39.5. The van der Waals surface area contributed by atoms with Gasteiger partial charge in [0.15, 0.2) is 0 Å². The van der Waals surface area contributed by atoms with Crippen LogP contribution in [0.25, 0.3) is 60.6 Å². The van der Waals surface area contributed by atoms with E-state index in [2.05, 4.69) is 205 Å². The van der Waals surface area contributed by atoms with Crippen molar-refractivity contribution in [3.63, 3.8) is 0 Å². The van der Waals surface area contributed by atoms with Crippen LogP contribution in [0.3, 0.4) is 0 Å². The molecule has 0 spiro atoms. The first-order chi connectivity index (χ1) is 29.0. The summed E-state index contributed by atoms with van der Waals surface area (Å²) >= 11 is 0. The summed E-state index contributed by atoms with van der Waals surface area (Å²) < 4.78 is 8.93. The number of aromatic nitrogens is 2. The molecule has 2 aromatic heterocycles. The Hall–Kier alpha value is -7.63. The number of pyridine rings is 1. The minimum atomic E-state index is -0.360. The van der Waals surface area contributed by atoms with Crippen LogP contribution in [0.15, 0.2) is 194 Å². The predicted molar refractivity (Wildman–Crippen MR) is 245 cm³/mol. The number of hydrogen-bond acceptors (Lipinski definition) is 4. The van der Waals surface area contributed by atoms with Crippen molar-refractivity contribution in [1.82, 2.24) is 9.55 Å². The van der Waals surface area contributed by atoms with Gasteiger partial charge in [0.1, 0.15) is 17.3 Å². The molecule has 0 fully saturated rings. The Kier molecular flexibility index (Phi) is 8.09. The number of ether oxygens (including phenoxy) is 1. The lowest BCUT2D eigenvalue weighted by Gasteiger charge is -2.28. The fourth-order valence-electron chi connectivity index (χ4n) is 8.78. The van der Waals surface area contributed by atoms with Crippen LogP contribution >= 0.6 is 0 Å². The number of fused-ring (bicyclic) bond motifs is 16. The third-order valence-corrected chi connectivity index (χ3v) is 11.9. The van der Waals surface area contributed by atoms with E-state index in [0.717, 1.165) is 89.5 Å². The van der Waals surface area contributed by atoms with E-state index in [1.165, 1.54) is 16.5 Å². The average Bonchev–Trinajstić information content (AvgIpc) is 3.61. The van der Waals surface area contributed by atoms with Gasteiger partial charge >= 0.3 is 0 Å². The maximum atomic E-state index is 6.67. The number of nitrogens with zero attached hydrogens (tertiary/aromatic N) is 2. The molecular weight excluding hydrogens is 721 g/mol. The minimum absolute atomic E-state index is 0.360. The number of rotatable bonds is 1. The highest BCUT2D eigenvalue weighted by Crippen LogP contribution is 2.45. The quantitative estimate of drug-likeness (QED) is 0.175. The lowest BCUT2D eigenvalue weighted by atomic mass is 9.77. The third-order valence-electron chi connectivity index (χ3n) is 11.9. The molecule has 5 heteroatoms. The van der Waals surface area contributed by atoms with Crippen molar-refractivity contribution in [3.05, 3.63) is 205 Å². The van der Waals surface area contributed by atoms with Gasteiger partial charge in [-0.3, -0.25) is 4.57 Å². The van der Waals surface area contributed by atoms with Crippen LogP contribution in [0.2, 0.25) is 0 Å². The maximum absolute atomic E-state index is 6.67. The molecule has 0 saturated heterocycles. The van der Waals surface area contributed by atoms with Gasteiger partial charge < -0.3 is 15.4 Å². The molecule has 8 aromatic carbocycles. The molecule has 11 rings (SSSR count). The first-order valence-corrected chi connectivity index (χ1v) is 20.1. The van der Waals surface area contributed by atoms with Gasteiger partial charge in [-0.15, -0.1) is 0 Å². The summed E-state index contributed by atoms with van der Waals surface area (Å²) in [5, 5.41) is 12.4. The Bertz CT molecular complexity index is 3240. The smallest absolute Gasteiger partial charge is 0.137 e. The van der Waals surface area contributed by atoms with E-state index in [9.17, 15) is 0 Å². The van der Waals surface area contributed by atoms with Crippen LogP contribution in [0.4, 0.5) is 22.7 Å². The Morgan fingerprint density at radius 3 is 2.10 bits per heavy atom. The second-order valence-electron chi connectivity index (χ2n) is 15.8. The number of anilines is 4. The lowest BCUT2D eigenvalue weighted by molar-refractivity contribution is 0.483. The molecule has 2 N–H and O–H groups in total. The molecule has 8 bridgehead atoms. The second kappa shape index (κ2) is 13.8. The molecule has 59 heavy (non-hydrogen) atoms. The molecule has 10 aromatic rings. The summed E-state index contributed by atoms with van der Waals surface area (Å²) in [5.41, 5.74) is 12.5. The molecule has 0 amide bonds. The maximum Gasteiger partial charge on any atom is 0.137 e. The number of benzene rings is 8. The Morgan fingerprint density at radius 1 is 0.492 bits per heavy atom. The highest BCUT2D eigenvalue weighted by Gasteiger charge is 2.26. The number of para-hydroxylation sites is 2. The molecular formula is C54H40N4O. The van der Waals surface area contributed by atoms with Gasteiger partial charge in [0.25, 0.3) is 0 Å². The summed E-state index contributed by atoms with van der Waals surface area (Å²) in [7, 11) is 0. The standard InChI is InChI=1S/C54H40N4O/c1-54(2)38-17-10-16-37(31-38)45-23-12-22-43(35-13-4-3-5-14-35)52(45)57-53-44-20-7-6-15-36(44)25-28-48(53)56-40-18-11-19-41(33-40)59-42-26-27-47-46-21-8-9-24-49(46)58(50(47)34-42)51-32-39(54)29-30-55-51/h3-34,56-57H,1-2H3. The Morgan fingerprint density at radius 2 is 1.20 bits per heavy atom. The monoisotopic (exact) mass is 760 g/mol. The molecule has 3 heterocycles. The van der Waals surface area contributed by atoms with Crippen molar-refractivity contribution >= 4 is 55.3 Å². The van der Waals surface area contributed by atoms with Gasteiger partial charge in [0.05, 0.1) is 28.1 Å². The molecule has 1 aliphatic rings. The van der Waals surface area contributed by atoms with Crippen LogP contribution < -0.4 is 15.4 Å². The fourth-order valence-corrected chi connectivity index (χ4v) is 8.78. The van der Waals surface area contributed by atoms with Crippen LogP contribution in [0.1, 0.15) is 25.0 Å². The van der Waals surface area contributed by atoms with Crippen molar-refractivity contribution in [2.45, 2.75) is 19.3 Å². The lowest BCUT2D eigenvalue weighted by Crippen LogP contribution is -2.19. The molecule has 5 nitrogen and oxygen atoms in total.